The molecule has 3 aliphatic rings. The Kier molecular flexibility index (Phi) is 4.51. The van der Waals surface area contributed by atoms with Crippen molar-refractivity contribution in [2.75, 3.05) is 9.80 Å². The fourth-order valence-corrected chi connectivity index (χ4v) is 11.2. The Morgan fingerprint density at radius 2 is 1.18 bits per heavy atom. The topological polar surface area (TPSA) is 11.4 Å². The monoisotopic (exact) mass is 740 g/mol. The van der Waals surface area contributed by atoms with Gasteiger partial charge in [-0.05, 0) is 82.0 Å². The highest BCUT2D eigenvalue weighted by atomic mass is 32.1. The summed E-state index contributed by atoms with van der Waals surface area (Å²) in [6.45, 7) is 3.72. The summed E-state index contributed by atoms with van der Waals surface area (Å²) < 4.78 is 87.4. The van der Waals surface area contributed by atoms with Gasteiger partial charge >= 0.3 is 0 Å². The van der Waals surface area contributed by atoms with E-state index in [-0.39, 0.29) is 34.3 Å². The van der Waals surface area contributed by atoms with Crippen LogP contribution < -0.4 is 26.2 Å². The van der Waals surface area contributed by atoms with Gasteiger partial charge in [0.15, 0.2) is 0 Å². The summed E-state index contributed by atoms with van der Waals surface area (Å²) in [6, 6.07) is 35.6. The fraction of sp³-hybridized carbons (Fsp3) is 0.0588. The lowest BCUT2D eigenvalue weighted by molar-refractivity contribution is 0.632. The van der Waals surface area contributed by atoms with E-state index in [4.69, 9.17) is 6.85 Å². The molecule has 0 spiro atoms. The molecule has 13 rings (SSSR count). The first-order valence-corrected chi connectivity index (χ1v) is 19.6. The highest BCUT2D eigenvalue weighted by molar-refractivity contribution is 7.26. The van der Waals surface area contributed by atoms with Crippen molar-refractivity contribution in [3.8, 4) is 5.69 Å². The standard InChI is InChI=1S/C51H34BN3S/c1-51(2)36-19-7-10-23-40(36)54(41-24-11-8-20-37(41)51)32-29-43-48-44(30-32)55-49-33(34-27-28-46-47(50(34)55)35-17-6-13-26-45(35)56-46)18-14-22-39(49)52(48)38-21-9-12-25-42(38)53(43)31-15-4-3-5-16-31/h3-30H,1-2H3/i3D,4D,5D,9D,12D,15D,16D,21D,25D. The second kappa shape index (κ2) is 10.8. The number of hydrogen-bond acceptors (Lipinski definition) is 3. The molecule has 5 heterocycles. The Balaban J connectivity index is 1.28. The molecule has 2 aromatic heterocycles. The van der Waals surface area contributed by atoms with Gasteiger partial charge in [-0.1, -0.05) is 129 Å². The summed E-state index contributed by atoms with van der Waals surface area (Å²) in [7, 11) is 0. The fourth-order valence-electron chi connectivity index (χ4n) is 10.1. The molecule has 56 heavy (non-hydrogen) atoms. The molecule has 0 radical (unpaired) electrons. The smallest absolute Gasteiger partial charge is 0.252 e. The van der Waals surface area contributed by atoms with Crippen LogP contribution in [0.2, 0.25) is 0 Å². The number of anilines is 6. The van der Waals surface area contributed by atoms with E-state index in [2.05, 4.69) is 96.1 Å². The second-order valence-electron chi connectivity index (χ2n) is 15.4. The molecule has 0 saturated carbocycles. The summed E-state index contributed by atoms with van der Waals surface area (Å²) in [5.41, 5.74) is 9.27. The molecule has 0 N–H and O–H groups in total. The van der Waals surface area contributed by atoms with Crippen LogP contribution >= 0.6 is 11.3 Å². The predicted molar refractivity (Wildman–Crippen MR) is 240 cm³/mol. The molecular weight excluding hydrogens is 697 g/mol. The maximum atomic E-state index is 9.69. The van der Waals surface area contributed by atoms with Crippen LogP contribution in [-0.2, 0) is 5.41 Å². The first kappa shape index (κ1) is 23.4. The molecule has 0 atom stereocenters. The van der Waals surface area contributed by atoms with Crippen molar-refractivity contribution in [1.29, 1.82) is 0 Å². The zero-order valence-corrected chi connectivity index (χ0v) is 31.1. The van der Waals surface area contributed by atoms with Gasteiger partial charge in [-0.15, -0.1) is 11.3 Å². The number of aromatic nitrogens is 1. The third-order valence-electron chi connectivity index (χ3n) is 12.3. The Labute approximate surface area is 342 Å². The summed E-state index contributed by atoms with van der Waals surface area (Å²) in [4.78, 5) is 3.76. The maximum absolute atomic E-state index is 9.69. The molecule has 10 aromatic rings. The minimum atomic E-state index is -0.735. The number of fused-ring (bicyclic) bond motifs is 13. The normalized spacial score (nSPS) is 16.9. The van der Waals surface area contributed by atoms with E-state index in [0.717, 1.165) is 81.3 Å². The summed E-state index contributed by atoms with van der Waals surface area (Å²) in [6.07, 6.45) is 0. The number of thiophene rings is 1. The van der Waals surface area contributed by atoms with E-state index in [0.29, 0.717) is 11.2 Å². The quantitative estimate of drug-likeness (QED) is 0.164. The first-order valence-electron chi connectivity index (χ1n) is 23.3. The molecule has 0 amide bonds. The molecule has 3 nitrogen and oxygen atoms in total. The van der Waals surface area contributed by atoms with Crippen LogP contribution in [0.3, 0.4) is 0 Å². The van der Waals surface area contributed by atoms with Crippen LogP contribution in [-0.4, -0.2) is 11.3 Å². The first-order chi connectivity index (χ1) is 31.3. The van der Waals surface area contributed by atoms with Crippen LogP contribution in [0.25, 0.3) is 47.7 Å². The molecule has 0 aliphatic carbocycles. The number of para-hydroxylation sites is 5. The average molecular weight is 741 g/mol. The highest BCUT2D eigenvalue weighted by Gasteiger charge is 2.44. The predicted octanol–water partition coefficient (Wildman–Crippen LogP) is 11.9. The SMILES string of the molecule is [2H]c1c([2H])c([2H])c(N2c3cc(N4c5ccccc5C(C)(C)c5ccccc54)cc4c3B(c3c([2H])c([2H])c([2H])c([2H])c32)c2cccc3c5ccc6sc7ccccc7c6c5n-4c23)c([2H])c1[2H]. The molecule has 0 saturated heterocycles. The van der Waals surface area contributed by atoms with Gasteiger partial charge in [0.1, 0.15) is 0 Å². The van der Waals surface area contributed by atoms with Crippen molar-refractivity contribution in [2.45, 2.75) is 19.3 Å². The van der Waals surface area contributed by atoms with Crippen LogP contribution in [0.4, 0.5) is 34.1 Å². The van der Waals surface area contributed by atoms with Gasteiger partial charge in [-0.3, -0.25) is 0 Å². The maximum Gasteiger partial charge on any atom is 0.252 e. The Hall–Kier alpha value is -6.56. The minimum absolute atomic E-state index is 0.0449. The lowest BCUT2D eigenvalue weighted by atomic mass is 9.34. The molecule has 8 aromatic carbocycles. The van der Waals surface area contributed by atoms with Crippen LogP contribution in [0.15, 0.2) is 170 Å². The second-order valence-corrected chi connectivity index (χ2v) is 16.5. The van der Waals surface area contributed by atoms with Gasteiger partial charge in [0.25, 0.3) is 6.71 Å². The van der Waals surface area contributed by atoms with E-state index in [1.54, 1.807) is 11.3 Å². The third kappa shape index (κ3) is 3.78. The Morgan fingerprint density at radius 1 is 0.518 bits per heavy atom. The van der Waals surface area contributed by atoms with E-state index >= 15 is 0 Å². The zero-order valence-electron chi connectivity index (χ0n) is 39.3. The van der Waals surface area contributed by atoms with Crippen LogP contribution in [0, 0.1) is 0 Å². The number of hydrogen-bond donors (Lipinski definition) is 0. The van der Waals surface area contributed by atoms with Gasteiger partial charge in [0, 0.05) is 64.6 Å². The summed E-state index contributed by atoms with van der Waals surface area (Å²) in [5.74, 6) is 0. The molecule has 5 heteroatoms. The molecule has 262 valence electrons. The third-order valence-corrected chi connectivity index (χ3v) is 13.5. The lowest BCUT2D eigenvalue weighted by Gasteiger charge is -2.44. The van der Waals surface area contributed by atoms with Crippen LogP contribution in [0.5, 0.6) is 0 Å². The van der Waals surface area contributed by atoms with Crippen molar-refractivity contribution in [1.82, 2.24) is 4.57 Å². The van der Waals surface area contributed by atoms with Crippen LogP contribution in [0.1, 0.15) is 37.3 Å². The van der Waals surface area contributed by atoms with Crippen molar-refractivity contribution < 1.29 is 12.3 Å². The molecule has 3 aliphatic heterocycles. The minimum Gasteiger partial charge on any atom is -0.311 e. The summed E-state index contributed by atoms with van der Waals surface area (Å²) in [5, 5.41) is 4.24. The average Bonchev–Trinajstić information content (AvgIpc) is 3.87. The molecule has 0 unspecified atom stereocenters. The van der Waals surface area contributed by atoms with Gasteiger partial charge in [-0.25, -0.2) is 0 Å². The van der Waals surface area contributed by atoms with Gasteiger partial charge in [0.05, 0.1) is 34.9 Å². The Bertz CT molecular complexity index is 3780. The van der Waals surface area contributed by atoms with Gasteiger partial charge in [-0.2, -0.15) is 0 Å². The zero-order chi connectivity index (χ0) is 44.7. The van der Waals surface area contributed by atoms with Crippen molar-refractivity contribution in [3.63, 3.8) is 0 Å². The molecule has 0 fully saturated rings. The largest absolute Gasteiger partial charge is 0.311 e. The summed E-state index contributed by atoms with van der Waals surface area (Å²) >= 11 is 1.73. The van der Waals surface area contributed by atoms with E-state index in [1.807, 2.05) is 42.5 Å². The number of nitrogens with zero attached hydrogens (tertiary/aromatic N) is 3. The van der Waals surface area contributed by atoms with Crippen molar-refractivity contribution in [2.24, 2.45) is 0 Å². The Morgan fingerprint density at radius 3 is 2.00 bits per heavy atom. The van der Waals surface area contributed by atoms with Gasteiger partial charge < -0.3 is 14.4 Å². The van der Waals surface area contributed by atoms with E-state index < -0.39 is 49.0 Å². The molecular formula is C51H34BN3S. The lowest BCUT2D eigenvalue weighted by Crippen LogP contribution is -2.60. The highest BCUT2D eigenvalue weighted by Crippen LogP contribution is 2.54. The van der Waals surface area contributed by atoms with E-state index in [1.165, 1.54) is 4.90 Å². The van der Waals surface area contributed by atoms with Gasteiger partial charge in [0.2, 0.25) is 0 Å². The van der Waals surface area contributed by atoms with Crippen molar-refractivity contribution >= 4 is 111 Å². The molecule has 0 bridgehead atoms. The van der Waals surface area contributed by atoms with E-state index in [9.17, 15) is 5.48 Å². The number of benzene rings is 8. The number of rotatable bonds is 2. The van der Waals surface area contributed by atoms with Crippen molar-refractivity contribution in [3.05, 3.63) is 181 Å².